The van der Waals surface area contributed by atoms with Crippen LogP contribution in [0.4, 0.5) is 0 Å². The SMILES string of the molecule is Cc1nc2ccc(-c3cnco3)cc2[nH]1. The Labute approximate surface area is 86.0 Å². The van der Waals surface area contributed by atoms with Gasteiger partial charge in [0.1, 0.15) is 5.82 Å². The molecule has 1 N–H and O–H groups in total. The second-order valence-corrected chi connectivity index (χ2v) is 3.42. The number of aryl methyl sites for hydroxylation is 1. The van der Waals surface area contributed by atoms with Gasteiger partial charge in [-0.05, 0) is 25.1 Å². The van der Waals surface area contributed by atoms with Crippen LogP contribution in [0.2, 0.25) is 0 Å². The number of rotatable bonds is 1. The first-order valence-corrected chi connectivity index (χ1v) is 4.68. The second-order valence-electron chi connectivity index (χ2n) is 3.42. The Morgan fingerprint density at radius 3 is 3.07 bits per heavy atom. The van der Waals surface area contributed by atoms with Crippen LogP contribution in [0.25, 0.3) is 22.4 Å². The number of nitrogens with one attached hydrogen (secondary N) is 1. The van der Waals surface area contributed by atoms with Crippen molar-refractivity contribution < 1.29 is 4.42 Å². The predicted molar refractivity (Wildman–Crippen MR) is 56.3 cm³/mol. The van der Waals surface area contributed by atoms with E-state index in [0.717, 1.165) is 28.2 Å². The molecule has 0 aliphatic rings. The number of oxazole rings is 1. The molecule has 0 aliphatic carbocycles. The van der Waals surface area contributed by atoms with Crippen LogP contribution in [-0.4, -0.2) is 15.0 Å². The van der Waals surface area contributed by atoms with Gasteiger partial charge in [0.25, 0.3) is 0 Å². The summed E-state index contributed by atoms with van der Waals surface area (Å²) < 4.78 is 5.23. The molecule has 0 amide bonds. The number of hydrogen-bond donors (Lipinski definition) is 1. The smallest absolute Gasteiger partial charge is 0.181 e. The molecule has 0 spiro atoms. The third-order valence-corrected chi connectivity index (χ3v) is 2.32. The van der Waals surface area contributed by atoms with Crippen molar-refractivity contribution in [2.75, 3.05) is 0 Å². The van der Waals surface area contributed by atoms with Crippen molar-refractivity contribution in [1.82, 2.24) is 15.0 Å². The van der Waals surface area contributed by atoms with Gasteiger partial charge >= 0.3 is 0 Å². The summed E-state index contributed by atoms with van der Waals surface area (Å²) in [6.07, 6.45) is 3.13. The van der Waals surface area contributed by atoms with Crippen molar-refractivity contribution in [3.8, 4) is 11.3 Å². The van der Waals surface area contributed by atoms with E-state index in [4.69, 9.17) is 4.42 Å². The highest BCUT2D eigenvalue weighted by molar-refractivity contribution is 5.80. The fourth-order valence-corrected chi connectivity index (χ4v) is 1.65. The van der Waals surface area contributed by atoms with Crippen molar-refractivity contribution in [2.45, 2.75) is 6.92 Å². The number of nitrogens with zero attached hydrogens (tertiary/aromatic N) is 2. The van der Waals surface area contributed by atoms with Gasteiger partial charge in [0, 0.05) is 5.56 Å². The van der Waals surface area contributed by atoms with E-state index < -0.39 is 0 Å². The lowest BCUT2D eigenvalue weighted by Crippen LogP contribution is -1.74. The van der Waals surface area contributed by atoms with E-state index in [1.165, 1.54) is 6.39 Å². The van der Waals surface area contributed by atoms with Gasteiger partial charge in [0.15, 0.2) is 12.2 Å². The summed E-state index contributed by atoms with van der Waals surface area (Å²) in [5.41, 5.74) is 2.99. The Morgan fingerprint density at radius 1 is 1.33 bits per heavy atom. The van der Waals surface area contributed by atoms with Crippen LogP contribution in [0.1, 0.15) is 5.82 Å². The van der Waals surface area contributed by atoms with Crippen LogP contribution < -0.4 is 0 Å². The van der Waals surface area contributed by atoms with Gasteiger partial charge < -0.3 is 9.40 Å². The van der Waals surface area contributed by atoms with Crippen molar-refractivity contribution >= 4 is 11.0 Å². The quantitative estimate of drug-likeness (QED) is 0.655. The second kappa shape index (κ2) is 2.95. The summed E-state index contributed by atoms with van der Waals surface area (Å²) in [7, 11) is 0. The summed E-state index contributed by atoms with van der Waals surface area (Å²) in [6.45, 7) is 1.94. The summed E-state index contributed by atoms with van der Waals surface area (Å²) in [4.78, 5) is 11.4. The Morgan fingerprint density at radius 2 is 2.27 bits per heavy atom. The minimum Gasteiger partial charge on any atom is -0.444 e. The molecule has 3 aromatic rings. The molecule has 0 saturated heterocycles. The first kappa shape index (κ1) is 8.23. The first-order chi connectivity index (χ1) is 7.33. The third kappa shape index (κ3) is 1.30. The van der Waals surface area contributed by atoms with Gasteiger partial charge in [-0.25, -0.2) is 9.97 Å². The van der Waals surface area contributed by atoms with E-state index in [9.17, 15) is 0 Å². The summed E-state index contributed by atoms with van der Waals surface area (Å²) in [5, 5.41) is 0. The molecule has 0 unspecified atom stereocenters. The van der Waals surface area contributed by atoms with E-state index in [-0.39, 0.29) is 0 Å². The van der Waals surface area contributed by atoms with Crippen molar-refractivity contribution in [3.63, 3.8) is 0 Å². The van der Waals surface area contributed by atoms with Crippen molar-refractivity contribution in [2.24, 2.45) is 0 Å². The van der Waals surface area contributed by atoms with Gasteiger partial charge in [-0.15, -0.1) is 0 Å². The Bertz CT molecular complexity index is 595. The number of hydrogen-bond acceptors (Lipinski definition) is 3. The summed E-state index contributed by atoms with van der Waals surface area (Å²) >= 11 is 0. The molecule has 3 rings (SSSR count). The van der Waals surface area contributed by atoms with Gasteiger partial charge in [-0.1, -0.05) is 0 Å². The van der Waals surface area contributed by atoms with Gasteiger partial charge in [-0.3, -0.25) is 0 Å². The van der Waals surface area contributed by atoms with Gasteiger partial charge in [0.2, 0.25) is 0 Å². The largest absolute Gasteiger partial charge is 0.444 e. The lowest BCUT2D eigenvalue weighted by atomic mass is 10.1. The van der Waals surface area contributed by atoms with Crippen molar-refractivity contribution in [1.29, 1.82) is 0 Å². The maximum Gasteiger partial charge on any atom is 0.181 e. The lowest BCUT2D eigenvalue weighted by molar-refractivity contribution is 0.572. The molecule has 0 aliphatic heterocycles. The number of fused-ring (bicyclic) bond motifs is 1. The molecule has 4 heteroatoms. The fourth-order valence-electron chi connectivity index (χ4n) is 1.65. The minimum absolute atomic E-state index is 0.768. The molecule has 74 valence electrons. The number of aromatic nitrogens is 3. The predicted octanol–water partition coefficient (Wildman–Crippen LogP) is 2.53. The summed E-state index contributed by atoms with van der Waals surface area (Å²) in [5.74, 6) is 1.68. The standard InChI is InChI=1S/C11H9N3O/c1-7-13-9-3-2-8(4-10(9)14-7)11-5-12-6-15-11/h2-6H,1H3,(H,13,14). The number of imidazole rings is 1. The maximum absolute atomic E-state index is 5.23. The molecule has 4 nitrogen and oxygen atoms in total. The van der Waals surface area contributed by atoms with E-state index in [1.807, 2.05) is 25.1 Å². The topological polar surface area (TPSA) is 54.7 Å². The monoisotopic (exact) mass is 199 g/mol. The van der Waals surface area contributed by atoms with Gasteiger partial charge in [0.05, 0.1) is 17.2 Å². The molecular formula is C11H9N3O. The van der Waals surface area contributed by atoms with Crippen LogP contribution in [0, 0.1) is 6.92 Å². The normalized spacial score (nSPS) is 11.0. The van der Waals surface area contributed by atoms with Crippen LogP contribution in [0.5, 0.6) is 0 Å². The lowest BCUT2D eigenvalue weighted by Gasteiger charge is -1.94. The number of benzene rings is 1. The average Bonchev–Trinajstić information content (AvgIpc) is 2.82. The maximum atomic E-state index is 5.23. The Balaban J connectivity index is 2.21. The summed E-state index contributed by atoms with van der Waals surface area (Å²) in [6, 6.07) is 5.95. The van der Waals surface area contributed by atoms with Crippen molar-refractivity contribution in [3.05, 3.63) is 36.6 Å². The van der Waals surface area contributed by atoms with E-state index in [2.05, 4.69) is 15.0 Å². The highest BCUT2D eigenvalue weighted by Crippen LogP contribution is 2.22. The molecule has 0 fully saturated rings. The molecule has 2 heterocycles. The molecule has 2 aromatic heterocycles. The molecular weight excluding hydrogens is 190 g/mol. The molecule has 0 saturated carbocycles. The molecule has 15 heavy (non-hydrogen) atoms. The molecule has 1 aromatic carbocycles. The number of aromatic amines is 1. The molecule has 0 bridgehead atoms. The molecule has 0 radical (unpaired) electrons. The zero-order valence-electron chi connectivity index (χ0n) is 8.19. The average molecular weight is 199 g/mol. The van der Waals surface area contributed by atoms with Crippen LogP contribution in [0.3, 0.4) is 0 Å². The van der Waals surface area contributed by atoms with Crippen LogP contribution >= 0.6 is 0 Å². The van der Waals surface area contributed by atoms with E-state index in [0.29, 0.717) is 0 Å². The zero-order valence-corrected chi connectivity index (χ0v) is 8.19. The van der Waals surface area contributed by atoms with Crippen LogP contribution in [0.15, 0.2) is 35.2 Å². The minimum atomic E-state index is 0.768. The van der Waals surface area contributed by atoms with E-state index >= 15 is 0 Å². The van der Waals surface area contributed by atoms with Gasteiger partial charge in [-0.2, -0.15) is 0 Å². The van der Waals surface area contributed by atoms with Crippen LogP contribution in [-0.2, 0) is 0 Å². The zero-order chi connectivity index (χ0) is 10.3. The number of H-pyrrole nitrogens is 1. The van der Waals surface area contributed by atoms with E-state index in [1.54, 1.807) is 6.20 Å². The first-order valence-electron chi connectivity index (χ1n) is 4.68. The third-order valence-electron chi connectivity index (χ3n) is 2.32. The molecule has 0 atom stereocenters. The highest BCUT2D eigenvalue weighted by atomic mass is 16.3. The highest BCUT2D eigenvalue weighted by Gasteiger charge is 2.04. The Kier molecular flexibility index (Phi) is 1.62. The Hall–Kier alpha value is -2.10. The fraction of sp³-hybridized carbons (Fsp3) is 0.0909.